The molecule has 2 aromatic rings. The number of piperazine rings is 1. The summed E-state index contributed by atoms with van der Waals surface area (Å²) < 4.78 is 5.19. The van der Waals surface area contributed by atoms with Crippen molar-refractivity contribution in [1.82, 2.24) is 20.2 Å². The molecule has 0 unspecified atom stereocenters. The van der Waals surface area contributed by atoms with Gasteiger partial charge in [-0.3, -0.25) is 9.59 Å². The smallest absolute Gasteiger partial charge is 0.289 e. The Bertz CT molecular complexity index is 796. The maximum atomic E-state index is 12.4. The third-order valence-corrected chi connectivity index (χ3v) is 4.35. The lowest BCUT2D eigenvalue weighted by Crippen LogP contribution is -2.49. The molecule has 27 heavy (non-hydrogen) atoms. The van der Waals surface area contributed by atoms with E-state index in [0.717, 1.165) is 0 Å². The molecule has 1 N–H and O–H groups in total. The predicted octanol–water partition coefficient (Wildman–Crippen LogP) is 1.73. The Kier molecular flexibility index (Phi) is 5.73. The van der Waals surface area contributed by atoms with E-state index in [0.29, 0.717) is 61.7 Å². The van der Waals surface area contributed by atoms with Crippen molar-refractivity contribution in [2.45, 2.75) is 20.8 Å². The molecular formula is C19H25N5O3. The van der Waals surface area contributed by atoms with E-state index in [1.165, 1.54) is 6.26 Å². The molecule has 0 saturated carbocycles. The quantitative estimate of drug-likeness (QED) is 0.861. The third kappa shape index (κ3) is 4.64. The minimum Gasteiger partial charge on any atom is -0.459 e. The van der Waals surface area contributed by atoms with E-state index in [1.54, 1.807) is 30.0 Å². The molecule has 0 aromatic carbocycles. The maximum Gasteiger partial charge on any atom is 0.289 e. The van der Waals surface area contributed by atoms with Gasteiger partial charge in [0.1, 0.15) is 17.3 Å². The standard InChI is InChI=1S/C19H25N5O3/c1-13(2)12-20-18(25)15-11-17(22-14(3)21-15)23-6-8-24(9-7-23)19(26)16-5-4-10-27-16/h4-5,10-11,13H,6-9,12H2,1-3H3,(H,20,25). The first kappa shape index (κ1) is 18.9. The van der Waals surface area contributed by atoms with Gasteiger partial charge in [-0.2, -0.15) is 0 Å². The maximum absolute atomic E-state index is 12.4. The van der Waals surface area contributed by atoms with Crippen LogP contribution in [-0.4, -0.2) is 59.4 Å². The normalized spacial score (nSPS) is 14.5. The average Bonchev–Trinajstić information content (AvgIpc) is 3.20. The fraction of sp³-hybridized carbons (Fsp3) is 0.474. The summed E-state index contributed by atoms with van der Waals surface area (Å²) in [7, 11) is 0. The first-order chi connectivity index (χ1) is 12.9. The largest absolute Gasteiger partial charge is 0.459 e. The Balaban J connectivity index is 1.65. The van der Waals surface area contributed by atoms with Crippen molar-refractivity contribution >= 4 is 17.6 Å². The van der Waals surface area contributed by atoms with E-state index in [9.17, 15) is 9.59 Å². The van der Waals surface area contributed by atoms with Gasteiger partial charge in [0.25, 0.3) is 11.8 Å². The van der Waals surface area contributed by atoms with Gasteiger partial charge in [-0.1, -0.05) is 13.8 Å². The number of aromatic nitrogens is 2. The van der Waals surface area contributed by atoms with Crippen molar-refractivity contribution in [2.24, 2.45) is 5.92 Å². The third-order valence-electron chi connectivity index (χ3n) is 4.35. The van der Waals surface area contributed by atoms with Crippen LogP contribution in [-0.2, 0) is 0 Å². The molecule has 0 atom stereocenters. The molecule has 2 aromatic heterocycles. The molecule has 1 fully saturated rings. The van der Waals surface area contributed by atoms with Crippen LogP contribution in [0.25, 0.3) is 0 Å². The van der Waals surface area contributed by atoms with Gasteiger partial charge in [-0.25, -0.2) is 9.97 Å². The molecule has 0 aliphatic carbocycles. The molecule has 144 valence electrons. The van der Waals surface area contributed by atoms with Gasteiger partial charge in [0, 0.05) is 38.8 Å². The number of aryl methyl sites for hydroxylation is 1. The lowest BCUT2D eigenvalue weighted by Gasteiger charge is -2.35. The lowest BCUT2D eigenvalue weighted by molar-refractivity contribution is 0.0714. The number of amides is 2. The number of furan rings is 1. The van der Waals surface area contributed by atoms with Crippen LogP contribution in [0, 0.1) is 12.8 Å². The molecule has 0 spiro atoms. The molecule has 3 rings (SSSR count). The summed E-state index contributed by atoms with van der Waals surface area (Å²) in [5, 5.41) is 2.88. The van der Waals surface area contributed by atoms with Crippen molar-refractivity contribution in [3.05, 3.63) is 41.7 Å². The van der Waals surface area contributed by atoms with Crippen LogP contribution in [0.5, 0.6) is 0 Å². The van der Waals surface area contributed by atoms with Gasteiger partial charge in [-0.15, -0.1) is 0 Å². The van der Waals surface area contributed by atoms with Gasteiger partial charge in [0.05, 0.1) is 6.26 Å². The second kappa shape index (κ2) is 8.20. The molecule has 8 heteroatoms. The van der Waals surface area contributed by atoms with E-state index in [1.807, 2.05) is 13.8 Å². The van der Waals surface area contributed by atoms with Gasteiger partial charge in [0.15, 0.2) is 5.76 Å². The summed E-state index contributed by atoms with van der Waals surface area (Å²) in [6, 6.07) is 5.09. The lowest BCUT2D eigenvalue weighted by atomic mass is 10.2. The van der Waals surface area contributed by atoms with E-state index in [4.69, 9.17) is 4.42 Å². The molecule has 1 saturated heterocycles. The SMILES string of the molecule is Cc1nc(C(=O)NCC(C)C)cc(N2CCN(C(=O)c3ccco3)CC2)n1. The minimum absolute atomic E-state index is 0.104. The highest BCUT2D eigenvalue weighted by atomic mass is 16.3. The first-order valence-electron chi connectivity index (χ1n) is 9.15. The zero-order valence-electron chi connectivity index (χ0n) is 15.9. The van der Waals surface area contributed by atoms with Crippen LogP contribution in [0.4, 0.5) is 5.82 Å². The van der Waals surface area contributed by atoms with E-state index in [2.05, 4.69) is 20.2 Å². The molecule has 2 amide bonds. The van der Waals surface area contributed by atoms with Crippen LogP contribution >= 0.6 is 0 Å². The zero-order valence-corrected chi connectivity index (χ0v) is 15.9. The molecular weight excluding hydrogens is 346 g/mol. The average molecular weight is 371 g/mol. The number of hydrogen-bond acceptors (Lipinski definition) is 6. The first-order valence-corrected chi connectivity index (χ1v) is 9.15. The van der Waals surface area contributed by atoms with E-state index >= 15 is 0 Å². The van der Waals surface area contributed by atoms with Crippen molar-refractivity contribution in [1.29, 1.82) is 0 Å². The van der Waals surface area contributed by atoms with Crippen LogP contribution in [0.15, 0.2) is 28.9 Å². The molecule has 8 nitrogen and oxygen atoms in total. The van der Waals surface area contributed by atoms with Crippen molar-refractivity contribution in [3.8, 4) is 0 Å². The fourth-order valence-electron chi connectivity index (χ4n) is 2.91. The number of carbonyl (C=O) groups excluding carboxylic acids is 2. The van der Waals surface area contributed by atoms with Gasteiger partial charge < -0.3 is 19.5 Å². The topological polar surface area (TPSA) is 91.6 Å². The number of nitrogens with zero attached hydrogens (tertiary/aromatic N) is 4. The van der Waals surface area contributed by atoms with Crippen molar-refractivity contribution < 1.29 is 14.0 Å². The number of carbonyl (C=O) groups is 2. The second-order valence-corrected chi connectivity index (χ2v) is 7.02. The van der Waals surface area contributed by atoms with Crippen LogP contribution in [0.3, 0.4) is 0 Å². The highest BCUT2D eigenvalue weighted by molar-refractivity contribution is 5.93. The van der Waals surface area contributed by atoms with Gasteiger partial charge in [0.2, 0.25) is 0 Å². The van der Waals surface area contributed by atoms with E-state index < -0.39 is 0 Å². The number of rotatable bonds is 5. The Morgan fingerprint density at radius 3 is 2.59 bits per heavy atom. The number of anilines is 1. The summed E-state index contributed by atoms with van der Waals surface area (Å²) in [5.74, 6) is 1.69. The van der Waals surface area contributed by atoms with Crippen molar-refractivity contribution in [2.75, 3.05) is 37.6 Å². The number of nitrogens with one attached hydrogen (secondary N) is 1. The van der Waals surface area contributed by atoms with E-state index in [-0.39, 0.29) is 11.8 Å². The summed E-state index contributed by atoms with van der Waals surface area (Å²) >= 11 is 0. The summed E-state index contributed by atoms with van der Waals surface area (Å²) in [5.41, 5.74) is 0.368. The monoisotopic (exact) mass is 371 g/mol. The Morgan fingerprint density at radius 2 is 1.96 bits per heavy atom. The summed E-state index contributed by atoms with van der Waals surface area (Å²) in [4.78, 5) is 37.2. The number of hydrogen-bond donors (Lipinski definition) is 1. The highest BCUT2D eigenvalue weighted by Gasteiger charge is 2.25. The molecule has 3 heterocycles. The molecule has 0 radical (unpaired) electrons. The molecule has 0 bridgehead atoms. The summed E-state index contributed by atoms with van der Waals surface area (Å²) in [6.07, 6.45) is 1.50. The Labute approximate surface area is 158 Å². The highest BCUT2D eigenvalue weighted by Crippen LogP contribution is 2.17. The zero-order chi connectivity index (χ0) is 19.4. The van der Waals surface area contributed by atoms with Crippen LogP contribution < -0.4 is 10.2 Å². The molecule has 1 aliphatic rings. The van der Waals surface area contributed by atoms with Gasteiger partial charge in [-0.05, 0) is 25.0 Å². The van der Waals surface area contributed by atoms with Gasteiger partial charge >= 0.3 is 0 Å². The van der Waals surface area contributed by atoms with Crippen molar-refractivity contribution in [3.63, 3.8) is 0 Å². The van der Waals surface area contributed by atoms with Crippen LogP contribution in [0.2, 0.25) is 0 Å². The second-order valence-electron chi connectivity index (χ2n) is 7.02. The minimum atomic E-state index is -0.193. The van der Waals surface area contributed by atoms with Crippen LogP contribution in [0.1, 0.15) is 40.7 Å². The predicted molar refractivity (Wildman–Crippen MR) is 101 cm³/mol. The molecule has 1 aliphatic heterocycles. The summed E-state index contributed by atoms with van der Waals surface area (Å²) in [6.45, 7) is 8.87. The fourth-order valence-corrected chi connectivity index (χ4v) is 2.91. The Morgan fingerprint density at radius 1 is 1.22 bits per heavy atom. The Hall–Kier alpha value is -2.90.